The van der Waals surface area contributed by atoms with Gasteiger partial charge in [0.25, 0.3) is 11.8 Å². The summed E-state index contributed by atoms with van der Waals surface area (Å²) in [4.78, 5) is 29.5. The average Bonchev–Trinajstić information content (AvgIpc) is 2.78. The third-order valence-corrected chi connectivity index (χ3v) is 6.07. The van der Waals surface area contributed by atoms with Crippen LogP contribution in [0.15, 0.2) is 48.5 Å². The van der Waals surface area contributed by atoms with Gasteiger partial charge in [0, 0.05) is 31.7 Å². The molecule has 1 aliphatic heterocycles. The summed E-state index contributed by atoms with van der Waals surface area (Å²) in [5, 5.41) is 0. The van der Waals surface area contributed by atoms with Crippen LogP contribution in [0.1, 0.15) is 68.9 Å². The van der Waals surface area contributed by atoms with Crippen LogP contribution in [-0.2, 0) is 10.2 Å². The molecule has 5 nitrogen and oxygen atoms in total. The first-order chi connectivity index (χ1) is 15.1. The van der Waals surface area contributed by atoms with Gasteiger partial charge in [-0.2, -0.15) is 0 Å². The van der Waals surface area contributed by atoms with Crippen molar-refractivity contribution in [1.29, 1.82) is 0 Å². The van der Waals surface area contributed by atoms with Gasteiger partial charge in [0.2, 0.25) is 0 Å². The molecule has 2 aromatic rings. The normalized spacial score (nSPS) is 15.6. The van der Waals surface area contributed by atoms with Crippen molar-refractivity contribution in [3.8, 4) is 5.75 Å². The lowest BCUT2D eigenvalue weighted by molar-refractivity contribution is -0.139. The van der Waals surface area contributed by atoms with Gasteiger partial charge in [0.1, 0.15) is 5.75 Å². The third kappa shape index (κ3) is 5.50. The molecule has 1 atom stereocenters. The van der Waals surface area contributed by atoms with Crippen LogP contribution < -0.4 is 4.74 Å². The van der Waals surface area contributed by atoms with Gasteiger partial charge in [-0.3, -0.25) is 9.59 Å². The van der Waals surface area contributed by atoms with Crippen LogP contribution in [0.25, 0.3) is 0 Å². The van der Waals surface area contributed by atoms with Gasteiger partial charge in [0.15, 0.2) is 6.10 Å². The average molecular weight is 437 g/mol. The van der Waals surface area contributed by atoms with E-state index in [4.69, 9.17) is 4.74 Å². The summed E-state index contributed by atoms with van der Waals surface area (Å²) in [6.07, 6.45) is -0.568. The molecule has 0 aliphatic carbocycles. The first-order valence-electron chi connectivity index (χ1n) is 11.5. The molecule has 0 spiro atoms. The zero-order chi connectivity index (χ0) is 23.5. The molecule has 172 valence electrons. The number of rotatable bonds is 5. The highest BCUT2D eigenvalue weighted by atomic mass is 16.5. The number of piperazine rings is 1. The second kappa shape index (κ2) is 9.76. The molecule has 0 bridgehead atoms. The van der Waals surface area contributed by atoms with E-state index in [1.807, 2.05) is 53.4 Å². The second-order valence-electron chi connectivity index (χ2n) is 9.90. The Kier molecular flexibility index (Phi) is 7.27. The minimum Gasteiger partial charge on any atom is -0.481 e. The summed E-state index contributed by atoms with van der Waals surface area (Å²) >= 11 is 0. The SMILES string of the molecule is CC(Oc1ccccc1C(C)C)C(=O)N1CCN(C(=O)c2ccc(C(C)(C)C)cc2)CC1. The Labute approximate surface area is 192 Å². The van der Waals surface area contributed by atoms with Crippen LogP contribution in [-0.4, -0.2) is 53.9 Å². The van der Waals surface area contributed by atoms with E-state index in [1.54, 1.807) is 11.8 Å². The van der Waals surface area contributed by atoms with Crippen molar-refractivity contribution in [3.63, 3.8) is 0 Å². The molecule has 3 rings (SSSR count). The largest absolute Gasteiger partial charge is 0.481 e. The van der Waals surface area contributed by atoms with E-state index in [0.29, 0.717) is 37.7 Å². The number of carbonyl (C=O) groups excluding carboxylic acids is 2. The van der Waals surface area contributed by atoms with Crippen molar-refractivity contribution in [3.05, 3.63) is 65.2 Å². The lowest BCUT2D eigenvalue weighted by Gasteiger charge is -2.36. The molecule has 5 heteroatoms. The lowest BCUT2D eigenvalue weighted by Crippen LogP contribution is -2.53. The van der Waals surface area contributed by atoms with Gasteiger partial charge < -0.3 is 14.5 Å². The second-order valence-corrected chi connectivity index (χ2v) is 9.90. The van der Waals surface area contributed by atoms with Crippen LogP contribution in [0, 0.1) is 0 Å². The van der Waals surface area contributed by atoms with E-state index < -0.39 is 6.10 Å². The van der Waals surface area contributed by atoms with Crippen LogP contribution in [0.5, 0.6) is 5.75 Å². The maximum Gasteiger partial charge on any atom is 0.263 e. The van der Waals surface area contributed by atoms with Crippen LogP contribution >= 0.6 is 0 Å². The Morgan fingerprint density at radius 2 is 1.41 bits per heavy atom. The summed E-state index contributed by atoms with van der Waals surface area (Å²) in [7, 11) is 0. The summed E-state index contributed by atoms with van der Waals surface area (Å²) in [5.41, 5.74) is 3.06. The highest BCUT2D eigenvalue weighted by Gasteiger charge is 2.29. The van der Waals surface area contributed by atoms with Crippen molar-refractivity contribution in [2.24, 2.45) is 0 Å². The molecule has 2 aromatic carbocycles. The van der Waals surface area contributed by atoms with Gasteiger partial charge in [-0.25, -0.2) is 0 Å². The molecule has 0 saturated carbocycles. The molecule has 1 saturated heterocycles. The van der Waals surface area contributed by atoms with Crippen molar-refractivity contribution in [2.45, 2.75) is 59.0 Å². The number of benzene rings is 2. The molecule has 1 fully saturated rings. The summed E-state index contributed by atoms with van der Waals surface area (Å²) < 4.78 is 6.03. The maximum atomic E-state index is 13.0. The van der Waals surface area contributed by atoms with E-state index >= 15 is 0 Å². The molecule has 0 aromatic heterocycles. The summed E-state index contributed by atoms with van der Waals surface area (Å²) in [6, 6.07) is 15.7. The fourth-order valence-electron chi connectivity index (χ4n) is 3.99. The first-order valence-corrected chi connectivity index (χ1v) is 11.5. The lowest BCUT2D eigenvalue weighted by atomic mass is 9.86. The van der Waals surface area contributed by atoms with Crippen LogP contribution in [0.2, 0.25) is 0 Å². The molecule has 2 amide bonds. The molecule has 32 heavy (non-hydrogen) atoms. The minimum absolute atomic E-state index is 0.0210. The molecule has 1 heterocycles. The Morgan fingerprint density at radius 1 is 0.844 bits per heavy atom. The maximum absolute atomic E-state index is 13.0. The number of carbonyl (C=O) groups is 2. The standard InChI is InChI=1S/C27H36N2O3/c1-19(2)23-9-7-8-10-24(23)32-20(3)25(30)28-15-17-29(18-16-28)26(31)21-11-13-22(14-12-21)27(4,5)6/h7-14,19-20H,15-18H2,1-6H3. The fourth-order valence-corrected chi connectivity index (χ4v) is 3.99. The first kappa shape index (κ1) is 23.8. The highest BCUT2D eigenvalue weighted by Crippen LogP contribution is 2.27. The Bertz CT molecular complexity index is 936. The van der Waals surface area contributed by atoms with Crippen molar-refractivity contribution >= 4 is 11.8 Å². The predicted molar refractivity (Wildman–Crippen MR) is 128 cm³/mol. The smallest absolute Gasteiger partial charge is 0.263 e. The van der Waals surface area contributed by atoms with Crippen LogP contribution in [0.3, 0.4) is 0 Å². The zero-order valence-electron chi connectivity index (χ0n) is 20.2. The van der Waals surface area contributed by atoms with Gasteiger partial charge in [-0.15, -0.1) is 0 Å². The van der Waals surface area contributed by atoms with E-state index in [1.165, 1.54) is 5.56 Å². The molecule has 1 aliphatic rings. The van der Waals surface area contributed by atoms with Crippen molar-refractivity contribution in [2.75, 3.05) is 26.2 Å². The zero-order valence-corrected chi connectivity index (χ0v) is 20.2. The molecular formula is C27H36N2O3. The molecule has 1 unspecified atom stereocenters. The topological polar surface area (TPSA) is 49.9 Å². The van der Waals surface area contributed by atoms with E-state index in [9.17, 15) is 9.59 Å². The fraction of sp³-hybridized carbons (Fsp3) is 0.481. The molecular weight excluding hydrogens is 400 g/mol. The Morgan fingerprint density at radius 3 is 1.97 bits per heavy atom. The number of hydrogen-bond acceptors (Lipinski definition) is 3. The molecule has 0 radical (unpaired) electrons. The van der Waals surface area contributed by atoms with Crippen LogP contribution in [0.4, 0.5) is 0 Å². The third-order valence-electron chi connectivity index (χ3n) is 6.07. The Balaban J connectivity index is 1.57. The predicted octanol–water partition coefficient (Wildman–Crippen LogP) is 4.86. The van der Waals surface area contributed by atoms with Gasteiger partial charge in [0.05, 0.1) is 0 Å². The van der Waals surface area contributed by atoms with E-state index in [-0.39, 0.29) is 17.2 Å². The van der Waals surface area contributed by atoms with Gasteiger partial charge >= 0.3 is 0 Å². The van der Waals surface area contributed by atoms with E-state index in [0.717, 1.165) is 11.3 Å². The monoisotopic (exact) mass is 436 g/mol. The Hall–Kier alpha value is -2.82. The van der Waals surface area contributed by atoms with E-state index in [2.05, 4.69) is 34.6 Å². The number of amides is 2. The van der Waals surface area contributed by atoms with Crippen molar-refractivity contribution in [1.82, 2.24) is 9.80 Å². The summed E-state index contributed by atoms with van der Waals surface area (Å²) in [5.74, 6) is 1.06. The quantitative estimate of drug-likeness (QED) is 0.673. The number of hydrogen-bond donors (Lipinski definition) is 0. The molecule has 0 N–H and O–H groups in total. The van der Waals surface area contributed by atoms with Gasteiger partial charge in [-0.1, -0.05) is 65.0 Å². The number of para-hydroxylation sites is 1. The minimum atomic E-state index is -0.568. The number of nitrogens with zero attached hydrogens (tertiary/aromatic N) is 2. The highest BCUT2D eigenvalue weighted by molar-refractivity contribution is 5.94. The number of ether oxygens (including phenoxy) is 1. The summed E-state index contributed by atoms with van der Waals surface area (Å²) in [6.45, 7) is 14.6. The van der Waals surface area contributed by atoms with Crippen molar-refractivity contribution < 1.29 is 14.3 Å². The van der Waals surface area contributed by atoms with Gasteiger partial charge in [-0.05, 0) is 47.6 Å².